The molecule has 0 heterocycles. The minimum Gasteiger partial charge on any atom is -0.443 e. The predicted molar refractivity (Wildman–Crippen MR) is 76.0 cm³/mol. The van der Waals surface area contributed by atoms with Crippen LogP contribution in [0.5, 0.6) is 0 Å². The summed E-state index contributed by atoms with van der Waals surface area (Å²) in [6.45, 7) is 10.2. The van der Waals surface area contributed by atoms with Gasteiger partial charge in [0.05, 0.1) is 0 Å². The summed E-state index contributed by atoms with van der Waals surface area (Å²) >= 11 is 4.92. The van der Waals surface area contributed by atoms with Gasteiger partial charge < -0.3 is 14.8 Å². The molecule has 0 radical (unpaired) electrons. The molecule has 6 nitrogen and oxygen atoms in total. The zero-order chi connectivity index (χ0) is 15.4. The molecule has 1 N–H and O–H groups in total. The second kappa shape index (κ2) is 6.18. The molecule has 0 fully saturated rings. The summed E-state index contributed by atoms with van der Waals surface area (Å²) < 4.78 is 10.2. The van der Waals surface area contributed by atoms with Gasteiger partial charge in [0.25, 0.3) is 0 Å². The van der Waals surface area contributed by atoms with Crippen LogP contribution in [0.1, 0.15) is 41.5 Å². The zero-order valence-electron chi connectivity index (χ0n) is 12.5. The van der Waals surface area contributed by atoms with Crippen molar-refractivity contribution in [2.24, 2.45) is 0 Å². The van der Waals surface area contributed by atoms with Gasteiger partial charge >= 0.3 is 12.2 Å². The fourth-order valence-corrected chi connectivity index (χ4v) is 1.12. The van der Waals surface area contributed by atoms with E-state index in [1.807, 2.05) is 0 Å². The van der Waals surface area contributed by atoms with Crippen molar-refractivity contribution in [2.75, 3.05) is 7.05 Å². The highest BCUT2D eigenvalue weighted by atomic mass is 32.1. The highest BCUT2D eigenvalue weighted by molar-refractivity contribution is 7.80. The van der Waals surface area contributed by atoms with Crippen molar-refractivity contribution < 1.29 is 19.1 Å². The normalized spacial score (nSPS) is 11.5. The summed E-state index contributed by atoms with van der Waals surface area (Å²) in [5, 5.41) is 2.47. The van der Waals surface area contributed by atoms with Crippen molar-refractivity contribution in [2.45, 2.75) is 52.7 Å². The molecule has 0 aromatic heterocycles. The molecule has 0 aliphatic rings. The van der Waals surface area contributed by atoms with Crippen LogP contribution < -0.4 is 5.32 Å². The molecule has 2 amide bonds. The molecule has 0 rings (SSSR count). The Labute approximate surface area is 119 Å². The van der Waals surface area contributed by atoms with Gasteiger partial charge in [-0.05, 0) is 53.8 Å². The molecule has 0 atom stereocenters. The number of ether oxygens (including phenoxy) is 2. The molecule has 0 spiro atoms. The third-order valence-electron chi connectivity index (χ3n) is 1.57. The molecular weight excluding hydrogens is 268 g/mol. The molecule has 0 saturated heterocycles. The first kappa shape index (κ1) is 17.6. The van der Waals surface area contributed by atoms with Gasteiger partial charge in [0.2, 0.25) is 0 Å². The summed E-state index contributed by atoms with van der Waals surface area (Å²) in [5.41, 5.74) is -1.47. The smallest absolute Gasteiger partial charge is 0.426 e. The second-order valence-electron chi connectivity index (χ2n) is 5.85. The molecule has 0 aromatic carbocycles. The number of thiocarbonyl (C=S) groups is 1. The van der Waals surface area contributed by atoms with Crippen molar-refractivity contribution in [3.8, 4) is 0 Å². The summed E-state index contributed by atoms with van der Waals surface area (Å²) in [6.07, 6.45) is -1.75. The van der Waals surface area contributed by atoms with Crippen LogP contribution in [0.25, 0.3) is 0 Å². The van der Waals surface area contributed by atoms with E-state index in [2.05, 4.69) is 5.32 Å². The van der Waals surface area contributed by atoms with E-state index in [0.717, 1.165) is 0 Å². The maximum Gasteiger partial charge on any atom is 0.426 e. The topological polar surface area (TPSA) is 67.9 Å². The Kier molecular flexibility index (Phi) is 5.74. The summed E-state index contributed by atoms with van der Waals surface area (Å²) in [5.74, 6) is 0. The Morgan fingerprint density at radius 1 is 0.947 bits per heavy atom. The van der Waals surface area contributed by atoms with E-state index in [4.69, 9.17) is 21.7 Å². The van der Waals surface area contributed by atoms with Crippen molar-refractivity contribution in [3.05, 3.63) is 0 Å². The fraction of sp³-hybridized carbons (Fsp3) is 0.750. The maximum absolute atomic E-state index is 12.0. The van der Waals surface area contributed by atoms with E-state index < -0.39 is 23.4 Å². The summed E-state index contributed by atoms with van der Waals surface area (Å²) in [4.78, 5) is 24.6. The number of amides is 2. The standard InChI is InChI=1S/C12H22N2O4S/c1-11(2,3)17-9(15)14(8(19)13-7)10(16)18-12(4,5)6/h1-7H3,(H,13,19). The van der Waals surface area contributed by atoms with Crippen molar-refractivity contribution in [3.63, 3.8) is 0 Å². The number of imide groups is 1. The number of nitrogens with zero attached hydrogens (tertiary/aromatic N) is 1. The van der Waals surface area contributed by atoms with E-state index >= 15 is 0 Å². The van der Waals surface area contributed by atoms with Crippen LogP contribution in [0.2, 0.25) is 0 Å². The van der Waals surface area contributed by atoms with Crippen LogP contribution in [-0.2, 0) is 9.47 Å². The first-order valence-electron chi connectivity index (χ1n) is 5.85. The molecule has 110 valence electrons. The molecule has 0 aliphatic carbocycles. The van der Waals surface area contributed by atoms with Gasteiger partial charge in [-0.2, -0.15) is 4.90 Å². The monoisotopic (exact) mass is 290 g/mol. The third kappa shape index (κ3) is 6.95. The van der Waals surface area contributed by atoms with E-state index in [0.29, 0.717) is 4.90 Å². The number of rotatable bonds is 0. The minimum absolute atomic E-state index is 0.0801. The van der Waals surface area contributed by atoms with Crippen LogP contribution in [0.4, 0.5) is 9.59 Å². The fourth-order valence-electron chi connectivity index (χ4n) is 0.967. The van der Waals surface area contributed by atoms with Crippen LogP contribution >= 0.6 is 12.2 Å². The number of hydrogen-bond donors (Lipinski definition) is 1. The number of hydrogen-bond acceptors (Lipinski definition) is 5. The Hall–Kier alpha value is -1.37. The highest BCUT2D eigenvalue weighted by Crippen LogP contribution is 2.14. The molecule has 0 unspecified atom stereocenters. The average Bonchev–Trinajstić information content (AvgIpc) is 2.11. The lowest BCUT2D eigenvalue weighted by molar-refractivity contribution is 0.0147. The van der Waals surface area contributed by atoms with Gasteiger partial charge in [0, 0.05) is 7.05 Å². The lowest BCUT2D eigenvalue weighted by Crippen LogP contribution is -2.49. The highest BCUT2D eigenvalue weighted by Gasteiger charge is 2.33. The van der Waals surface area contributed by atoms with Gasteiger partial charge in [0.15, 0.2) is 5.11 Å². The Balaban J connectivity index is 5.08. The third-order valence-corrected chi connectivity index (χ3v) is 1.96. The van der Waals surface area contributed by atoms with Crippen molar-refractivity contribution >= 4 is 29.5 Å². The SMILES string of the molecule is CNC(=S)N(C(=O)OC(C)(C)C)C(=O)OC(C)(C)C. The molecule has 19 heavy (non-hydrogen) atoms. The van der Waals surface area contributed by atoms with Crippen LogP contribution in [0.3, 0.4) is 0 Å². The second-order valence-corrected chi connectivity index (χ2v) is 6.24. The Morgan fingerprint density at radius 2 is 1.26 bits per heavy atom. The number of carbonyl (C=O) groups excluding carboxylic acids is 2. The lowest BCUT2D eigenvalue weighted by Gasteiger charge is -2.28. The Bertz CT molecular complexity index is 341. The van der Waals surface area contributed by atoms with E-state index in [1.54, 1.807) is 41.5 Å². The van der Waals surface area contributed by atoms with Gasteiger partial charge in [-0.25, -0.2) is 9.59 Å². The summed E-state index contributed by atoms with van der Waals surface area (Å²) in [7, 11) is 1.50. The van der Waals surface area contributed by atoms with Crippen molar-refractivity contribution in [1.82, 2.24) is 10.2 Å². The Morgan fingerprint density at radius 3 is 1.47 bits per heavy atom. The predicted octanol–water partition coefficient (Wildman–Crippen LogP) is 2.66. The largest absolute Gasteiger partial charge is 0.443 e. The first-order valence-corrected chi connectivity index (χ1v) is 6.26. The van der Waals surface area contributed by atoms with Gasteiger partial charge in [0.1, 0.15) is 11.2 Å². The molecular formula is C12H22N2O4S. The van der Waals surface area contributed by atoms with Gasteiger partial charge in [-0.15, -0.1) is 0 Å². The minimum atomic E-state index is -0.874. The molecule has 0 aliphatic heterocycles. The van der Waals surface area contributed by atoms with Gasteiger partial charge in [-0.1, -0.05) is 0 Å². The number of nitrogens with one attached hydrogen (secondary N) is 1. The summed E-state index contributed by atoms with van der Waals surface area (Å²) in [6, 6.07) is 0. The lowest BCUT2D eigenvalue weighted by atomic mass is 10.2. The van der Waals surface area contributed by atoms with Crippen LogP contribution in [0.15, 0.2) is 0 Å². The first-order chi connectivity index (χ1) is 8.37. The zero-order valence-corrected chi connectivity index (χ0v) is 13.3. The van der Waals surface area contributed by atoms with E-state index in [1.165, 1.54) is 7.05 Å². The van der Waals surface area contributed by atoms with E-state index in [-0.39, 0.29) is 5.11 Å². The average molecular weight is 290 g/mol. The number of carbonyl (C=O) groups is 2. The van der Waals surface area contributed by atoms with Crippen molar-refractivity contribution in [1.29, 1.82) is 0 Å². The van der Waals surface area contributed by atoms with Gasteiger partial charge in [-0.3, -0.25) is 0 Å². The molecule has 0 bridgehead atoms. The molecule has 7 heteroatoms. The molecule has 0 saturated carbocycles. The van der Waals surface area contributed by atoms with Crippen LogP contribution in [-0.4, -0.2) is 40.4 Å². The quantitative estimate of drug-likeness (QED) is 0.692. The van der Waals surface area contributed by atoms with E-state index in [9.17, 15) is 9.59 Å². The maximum atomic E-state index is 12.0. The molecule has 0 aromatic rings. The van der Waals surface area contributed by atoms with Crippen LogP contribution in [0, 0.1) is 0 Å².